The van der Waals surface area contributed by atoms with Crippen LogP contribution >= 0.6 is 11.6 Å². The highest BCUT2D eigenvalue weighted by Crippen LogP contribution is 2.46. The van der Waals surface area contributed by atoms with Crippen LogP contribution in [0, 0.1) is 5.92 Å². The molecule has 0 amide bonds. The summed E-state index contributed by atoms with van der Waals surface area (Å²) in [5.74, 6) is -2.73. The molecule has 0 N–H and O–H groups in total. The fraction of sp³-hybridized carbons (Fsp3) is 0.462. The van der Waals surface area contributed by atoms with Crippen molar-refractivity contribution in [2.75, 3.05) is 0 Å². The maximum absolute atomic E-state index is 13.2. The summed E-state index contributed by atoms with van der Waals surface area (Å²) < 4.78 is 26.5. The number of hydrogen-bond donors (Lipinski definition) is 0. The van der Waals surface area contributed by atoms with Gasteiger partial charge in [-0.3, -0.25) is 4.98 Å². The topological polar surface area (TPSA) is 12.9 Å². The minimum Gasteiger partial charge on any atom is -0.263 e. The van der Waals surface area contributed by atoms with Crippen LogP contribution in [0.15, 0.2) is 31.1 Å². The van der Waals surface area contributed by atoms with E-state index in [4.69, 9.17) is 11.6 Å². The molecular formula is C13H14ClF2N. The van der Waals surface area contributed by atoms with E-state index in [-0.39, 0.29) is 24.7 Å². The van der Waals surface area contributed by atoms with Gasteiger partial charge in [0.05, 0.1) is 5.02 Å². The minimum atomic E-state index is -2.54. The third-order valence-corrected chi connectivity index (χ3v) is 3.68. The summed E-state index contributed by atoms with van der Waals surface area (Å²) in [6.45, 7) is 3.75. The highest BCUT2D eigenvalue weighted by Gasteiger charge is 2.42. The summed E-state index contributed by atoms with van der Waals surface area (Å²) in [5.41, 5.74) is 0.847. The normalized spacial score (nSPS) is 24.5. The Kier molecular flexibility index (Phi) is 3.48. The molecule has 0 aliphatic heterocycles. The summed E-state index contributed by atoms with van der Waals surface area (Å²) >= 11 is 6.05. The van der Waals surface area contributed by atoms with E-state index < -0.39 is 5.92 Å². The molecule has 1 aromatic rings. The Hall–Kier alpha value is -0.960. The molecule has 0 spiro atoms. The molecule has 0 aromatic carbocycles. The number of hydrogen-bond acceptors (Lipinski definition) is 1. The van der Waals surface area contributed by atoms with Crippen molar-refractivity contribution in [3.8, 4) is 0 Å². The van der Waals surface area contributed by atoms with Crippen molar-refractivity contribution < 1.29 is 8.78 Å². The third-order valence-electron chi connectivity index (χ3n) is 3.37. The van der Waals surface area contributed by atoms with Gasteiger partial charge >= 0.3 is 0 Å². The van der Waals surface area contributed by atoms with Gasteiger partial charge in [-0.1, -0.05) is 17.7 Å². The quantitative estimate of drug-likeness (QED) is 0.730. The van der Waals surface area contributed by atoms with E-state index in [1.807, 2.05) is 0 Å². The first-order valence-electron chi connectivity index (χ1n) is 5.63. The van der Waals surface area contributed by atoms with Crippen molar-refractivity contribution in [3.05, 3.63) is 41.7 Å². The van der Waals surface area contributed by atoms with E-state index in [0.29, 0.717) is 11.4 Å². The molecule has 17 heavy (non-hydrogen) atoms. The fourth-order valence-electron chi connectivity index (χ4n) is 2.52. The molecule has 1 fully saturated rings. The minimum absolute atomic E-state index is 0.0370. The van der Waals surface area contributed by atoms with Crippen LogP contribution in [-0.4, -0.2) is 10.9 Å². The van der Waals surface area contributed by atoms with Gasteiger partial charge in [-0.15, -0.1) is 6.58 Å². The summed E-state index contributed by atoms with van der Waals surface area (Å²) in [6, 6.07) is 1.78. The third kappa shape index (κ3) is 2.65. The van der Waals surface area contributed by atoms with Gasteiger partial charge < -0.3 is 0 Å². The molecule has 92 valence electrons. The lowest BCUT2D eigenvalue weighted by molar-refractivity contribution is 0.00447. The molecule has 1 aliphatic carbocycles. The summed E-state index contributed by atoms with van der Waals surface area (Å²) in [6.07, 6.45) is 5.29. The van der Waals surface area contributed by atoms with Gasteiger partial charge in [0, 0.05) is 31.2 Å². The highest BCUT2D eigenvalue weighted by molar-refractivity contribution is 6.31. The second-order valence-corrected chi connectivity index (χ2v) is 4.92. The molecule has 2 unspecified atom stereocenters. The van der Waals surface area contributed by atoms with Crippen LogP contribution in [0.3, 0.4) is 0 Å². The van der Waals surface area contributed by atoms with Crippen LogP contribution in [-0.2, 0) is 0 Å². The number of pyridine rings is 1. The first-order valence-corrected chi connectivity index (χ1v) is 6.01. The number of allylic oxidation sites excluding steroid dienone is 1. The zero-order chi connectivity index (χ0) is 12.5. The number of nitrogens with zero attached hydrogens (tertiary/aromatic N) is 1. The van der Waals surface area contributed by atoms with Crippen LogP contribution in [0.25, 0.3) is 0 Å². The Morgan fingerprint density at radius 1 is 1.59 bits per heavy atom. The molecular weight excluding hydrogens is 244 g/mol. The van der Waals surface area contributed by atoms with Gasteiger partial charge in [-0.2, -0.15) is 0 Å². The lowest BCUT2D eigenvalue weighted by atomic mass is 9.85. The first-order chi connectivity index (χ1) is 8.03. The molecule has 2 rings (SSSR count). The Morgan fingerprint density at radius 3 is 2.88 bits per heavy atom. The Balaban J connectivity index is 2.24. The number of halogens is 3. The molecule has 0 bridgehead atoms. The van der Waals surface area contributed by atoms with Crippen LogP contribution in [0.5, 0.6) is 0 Å². The summed E-state index contributed by atoms with van der Waals surface area (Å²) in [5, 5.41) is 0.521. The van der Waals surface area contributed by atoms with Gasteiger partial charge in [-0.25, -0.2) is 8.78 Å². The van der Waals surface area contributed by atoms with Gasteiger partial charge in [0.15, 0.2) is 0 Å². The van der Waals surface area contributed by atoms with E-state index >= 15 is 0 Å². The molecule has 1 heterocycles. The van der Waals surface area contributed by atoms with Gasteiger partial charge in [0.1, 0.15) is 0 Å². The zero-order valence-electron chi connectivity index (χ0n) is 9.37. The summed E-state index contributed by atoms with van der Waals surface area (Å²) in [4.78, 5) is 3.90. The average molecular weight is 258 g/mol. The number of alkyl halides is 2. The van der Waals surface area contributed by atoms with E-state index in [0.717, 1.165) is 5.56 Å². The predicted molar refractivity (Wildman–Crippen MR) is 64.5 cm³/mol. The molecule has 2 atom stereocenters. The molecule has 1 saturated carbocycles. The maximum Gasteiger partial charge on any atom is 0.248 e. The van der Waals surface area contributed by atoms with Gasteiger partial charge in [-0.05, 0) is 24.0 Å². The van der Waals surface area contributed by atoms with Gasteiger partial charge in [0.25, 0.3) is 0 Å². The number of rotatable bonds is 3. The standard InChI is InChI=1S/C13H14ClF2N/c1-2-10(9-3-5-13(15,16)7-9)11-4-6-17-8-12(11)14/h2,4,6,8-10H,1,3,5,7H2. The monoisotopic (exact) mass is 257 g/mol. The van der Waals surface area contributed by atoms with Crippen LogP contribution in [0.1, 0.15) is 30.7 Å². The van der Waals surface area contributed by atoms with Crippen molar-refractivity contribution in [3.63, 3.8) is 0 Å². The van der Waals surface area contributed by atoms with Crippen molar-refractivity contribution in [2.45, 2.75) is 31.1 Å². The average Bonchev–Trinajstić information content (AvgIpc) is 2.63. The zero-order valence-corrected chi connectivity index (χ0v) is 10.1. The van der Waals surface area contributed by atoms with E-state index in [1.54, 1.807) is 24.5 Å². The van der Waals surface area contributed by atoms with Crippen molar-refractivity contribution >= 4 is 11.6 Å². The second kappa shape index (κ2) is 4.73. The van der Waals surface area contributed by atoms with Crippen molar-refractivity contribution in [2.24, 2.45) is 5.92 Å². The van der Waals surface area contributed by atoms with E-state index in [1.165, 1.54) is 0 Å². The maximum atomic E-state index is 13.2. The first kappa shape index (κ1) is 12.5. The largest absolute Gasteiger partial charge is 0.263 e. The van der Waals surface area contributed by atoms with Gasteiger partial charge in [0.2, 0.25) is 5.92 Å². The van der Waals surface area contributed by atoms with Crippen LogP contribution in [0.2, 0.25) is 5.02 Å². The Labute approximate surface area is 105 Å². The number of aromatic nitrogens is 1. The highest BCUT2D eigenvalue weighted by atomic mass is 35.5. The lowest BCUT2D eigenvalue weighted by Crippen LogP contribution is -2.13. The van der Waals surface area contributed by atoms with Crippen molar-refractivity contribution in [1.29, 1.82) is 0 Å². The lowest BCUT2D eigenvalue weighted by Gasteiger charge is -2.21. The molecule has 1 nitrogen and oxygen atoms in total. The summed E-state index contributed by atoms with van der Waals surface area (Å²) in [7, 11) is 0. The molecule has 4 heteroatoms. The Bertz CT molecular complexity index is 420. The second-order valence-electron chi connectivity index (χ2n) is 4.52. The molecule has 0 radical (unpaired) electrons. The Morgan fingerprint density at radius 2 is 2.35 bits per heavy atom. The van der Waals surface area contributed by atoms with Crippen LogP contribution < -0.4 is 0 Å². The molecule has 0 saturated heterocycles. The molecule has 1 aromatic heterocycles. The predicted octanol–water partition coefficient (Wildman–Crippen LogP) is 4.44. The van der Waals surface area contributed by atoms with E-state index in [9.17, 15) is 8.78 Å². The molecule has 1 aliphatic rings. The van der Waals surface area contributed by atoms with E-state index in [2.05, 4.69) is 11.6 Å². The SMILES string of the molecule is C=CC(c1ccncc1Cl)C1CCC(F)(F)C1. The van der Waals surface area contributed by atoms with Crippen molar-refractivity contribution in [1.82, 2.24) is 4.98 Å². The smallest absolute Gasteiger partial charge is 0.248 e. The van der Waals surface area contributed by atoms with Crippen LogP contribution in [0.4, 0.5) is 8.78 Å². The fourth-order valence-corrected chi connectivity index (χ4v) is 2.77.